The van der Waals surface area contributed by atoms with E-state index in [1.165, 1.54) is 12.8 Å². The third kappa shape index (κ3) is 3.37. The molecule has 0 bridgehead atoms. The largest absolute Gasteiger partial charge is 0.398 e. The maximum atomic E-state index is 12.3. The van der Waals surface area contributed by atoms with Crippen LogP contribution in [0.4, 0.5) is 5.69 Å². The normalized spacial score (nSPS) is 23.1. The summed E-state index contributed by atoms with van der Waals surface area (Å²) < 4.78 is 0. The highest BCUT2D eigenvalue weighted by Gasteiger charge is 2.26. The number of nitrogens with two attached hydrogens (primary N) is 1. The highest BCUT2D eigenvalue weighted by molar-refractivity contribution is 7.99. The Morgan fingerprint density at radius 3 is 2.89 bits per heavy atom. The van der Waals surface area contributed by atoms with Gasteiger partial charge in [-0.3, -0.25) is 4.79 Å². The van der Waals surface area contributed by atoms with Crippen molar-refractivity contribution in [2.45, 2.75) is 37.0 Å². The average molecular weight is 299 g/mol. The Kier molecular flexibility index (Phi) is 4.99. The number of thioether (sulfide) groups is 1. The van der Waals surface area contributed by atoms with Crippen molar-refractivity contribution in [2.75, 3.05) is 12.0 Å². The minimum Gasteiger partial charge on any atom is -0.398 e. The Labute approximate surface area is 123 Å². The van der Waals surface area contributed by atoms with Crippen LogP contribution in [0.1, 0.15) is 36.0 Å². The standard InChI is InChI=1S/C14H19ClN2OS/c1-19-12-8-3-2-7-11(12)17-14(18)9-5-4-6-10(16)13(9)15/h4-6,11-12H,2-3,7-8,16H2,1H3,(H,17,18). The van der Waals surface area contributed by atoms with Gasteiger partial charge in [-0.1, -0.05) is 30.5 Å². The molecule has 3 N–H and O–H groups in total. The van der Waals surface area contributed by atoms with Crippen molar-refractivity contribution in [2.24, 2.45) is 0 Å². The molecule has 1 saturated carbocycles. The fraction of sp³-hybridized carbons (Fsp3) is 0.500. The van der Waals surface area contributed by atoms with Crippen LogP contribution in [-0.4, -0.2) is 23.5 Å². The van der Waals surface area contributed by atoms with E-state index in [0.717, 1.165) is 12.8 Å². The predicted molar refractivity (Wildman–Crippen MR) is 82.9 cm³/mol. The molecule has 19 heavy (non-hydrogen) atoms. The number of carbonyl (C=O) groups is 1. The van der Waals surface area contributed by atoms with Crippen molar-refractivity contribution in [1.29, 1.82) is 0 Å². The highest BCUT2D eigenvalue weighted by atomic mass is 35.5. The number of nitrogens with one attached hydrogen (secondary N) is 1. The van der Waals surface area contributed by atoms with Crippen molar-refractivity contribution in [3.05, 3.63) is 28.8 Å². The van der Waals surface area contributed by atoms with E-state index in [0.29, 0.717) is 21.5 Å². The third-order valence-electron chi connectivity index (χ3n) is 3.60. The van der Waals surface area contributed by atoms with E-state index >= 15 is 0 Å². The van der Waals surface area contributed by atoms with Gasteiger partial charge in [0.1, 0.15) is 0 Å². The first-order valence-electron chi connectivity index (χ1n) is 6.51. The molecule has 3 nitrogen and oxygen atoms in total. The number of halogens is 1. The van der Waals surface area contributed by atoms with Gasteiger partial charge in [0.25, 0.3) is 5.91 Å². The Hall–Kier alpha value is -0.870. The van der Waals surface area contributed by atoms with E-state index < -0.39 is 0 Å². The van der Waals surface area contributed by atoms with Gasteiger partial charge < -0.3 is 11.1 Å². The lowest BCUT2D eigenvalue weighted by molar-refractivity contribution is 0.0929. The molecule has 0 aromatic heterocycles. The lowest BCUT2D eigenvalue weighted by Gasteiger charge is -2.31. The van der Waals surface area contributed by atoms with Gasteiger partial charge in [-0.05, 0) is 31.2 Å². The molecule has 2 unspecified atom stereocenters. The molecular formula is C14H19ClN2OS. The number of hydrogen-bond donors (Lipinski definition) is 2. The molecule has 0 spiro atoms. The molecule has 1 aromatic rings. The van der Waals surface area contributed by atoms with E-state index in [1.54, 1.807) is 18.2 Å². The molecule has 1 aliphatic rings. The van der Waals surface area contributed by atoms with Crippen molar-refractivity contribution in [3.63, 3.8) is 0 Å². The van der Waals surface area contributed by atoms with Crippen LogP contribution in [0.3, 0.4) is 0 Å². The van der Waals surface area contributed by atoms with Crippen molar-refractivity contribution in [3.8, 4) is 0 Å². The number of nitrogen functional groups attached to an aromatic ring is 1. The van der Waals surface area contributed by atoms with Gasteiger partial charge in [-0.25, -0.2) is 0 Å². The quantitative estimate of drug-likeness (QED) is 0.842. The molecular weight excluding hydrogens is 280 g/mol. The highest BCUT2D eigenvalue weighted by Crippen LogP contribution is 2.28. The van der Waals surface area contributed by atoms with Crippen molar-refractivity contribution >= 4 is 35.0 Å². The van der Waals surface area contributed by atoms with E-state index in [4.69, 9.17) is 17.3 Å². The van der Waals surface area contributed by atoms with E-state index in [-0.39, 0.29) is 11.9 Å². The number of hydrogen-bond acceptors (Lipinski definition) is 3. The summed E-state index contributed by atoms with van der Waals surface area (Å²) in [5.74, 6) is -0.122. The zero-order chi connectivity index (χ0) is 13.8. The van der Waals surface area contributed by atoms with Gasteiger partial charge in [0.15, 0.2) is 0 Å². The van der Waals surface area contributed by atoms with Gasteiger partial charge in [0.2, 0.25) is 0 Å². The Balaban J connectivity index is 2.09. The number of amides is 1. The van der Waals surface area contributed by atoms with Gasteiger partial charge in [-0.2, -0.15) is 11.8 Å². The molecule has 104 valence electrons. The van der Waals surface area contributed by atoms with Crippen LogP contribution in [0.2, 0.25) is 5.02 Å². The summed E-state index contributed by atoms with van der Waals surface area (Å²) in [5.41, 5.74) is 6.64. The van der Waals surface area contributed by atoms with Gasteiger partial charge in [-0.15, -0.1) is 0 Å². The second-order valence-electron chi connectivity index (χ2n) is 4.85. The summed E-state index contributed by atoms with van der Waals surface area (Å²) in [4.78, 5) is 12.3. The fourth-order valence-electron chi connectivity index (χ4n) is 2.52. The summed E-state index contributed by atoms with van der Waals surface area (Å²) in [6.07, 6.45) is 6.72. The molecule has 1 fully saturated rings. The molecule has 0 heterocycles. The second-order valence-corrected chi connectivity index (χ2v) is 6.30. The van der Waals surface area contributed by atoms with Crippen LogP contribution in [0.15, 0.2) is 18.2 Å². The molecule has 1 amide bonds. The van der Waals surface area contributed by atoms with E-state index in [9.17, 15) is 4.79 Å². The number of anilines is 1. The van der Waals surface area contributed by atoms with Crippen LogP contribution in [0.25, 0.3) is 0 Å². The van der Waals surface area contributed by atoms with Crippen LogP contribution in [-0.2, 0) is 0 Å². The summed E-state index contributed by atoms with van der Waals surface area (Å²) in [6.45, 7) is 0. The monoisotopic (exact) mass is 298 g/mol. The van der Waals surface area contributed by atoms with Crippen LogP contribution >= 0.6 is 23.4 Å². The molecule has 0 radical (unpaired) electrons. The maximum absolute atomic E-state index is 12.3. The van der Waals surface area contributed by atoms with Crippen molar-refractivity contribution < 1.29 is 4.79 Å². The number of benzene rings is 1. The van der Waals surface area contributed by atoms with Crippen LogP contribution in [0, 0.1) is 0 Å². The lowest BCUT2D eigenvalue weighted by atomic mass is 9.94. The number of carbonyl (C=O) groups excluding carboxylic acids is 1. The fourth-order valence-corrected chi connectivity index (χ4v) is 3.66. The summed E-state index contributed by atoms with van der Waals surface area (Å²) in [6, 6.07) is 5.40. The molecule has 2 rings (SSSR count). The minimum atomic E-state index is -0.122. The Morgan fingerprint density at radius 2 is 2.16 bits per heavy atom. The molecule has 5 heteroatoms. The molecule has 0 saturated heterocycles. The number of rotatable bonds is 3. The first-order valence-corrected chi connectivity index (χ1v) is 8.17. The van der Waals surface area contributed by atoms with Crippen molar-refractivity contribution in [1.82, 2.24) is 5.32 Å². The second kappa shape index (κ2) is 6.53. The van der Waals surface area contributed by atoms with E-state index in [2.05, 4.69) is 11.6 Å². The predicted octanol–water partition coefficient (Wildman–Crippen LogP) is 3.33. The SMILES string of the molecule is CSC1CCCCC1NC(=O)c1cccc(N)c1Cl. The smallest absolute Gasteiger partial charge is 0.253 e. The molecule has 1 aromatic carbocycles. The Morgan fingerprint density at radius 1 is 1.42 bits per heavy atom. The molecule has 0 aliphatic heterocycles. The van der Waals surface area contributed by atoms with E-state index in [1.807, 2.05) is 11.8 Å². The zero-order valence-corrected chi connectivity index (χ0v) is 12.6. The topological polar surface area (TPSA) is 55.1 Å². The third-order valence-corrected chi connectivity index (χ3v) is 5.19. The van der Waals surface area contributed by atoms with Crippen LogP contribution in [0.5, 0.6) is 0 Å². The van der Waals surface area contributed by atoms with Gasteiger partial charge >= 0.3 is 0 Å². The summed E-state index contributed by atoms with van der Waals surface area (Å²) >= 11 is 7.91. The van der Waals surface area contributed by atoms with Crippen LogP contribution < -0.4 is 11.1 Å². The maximum Gasteiger partial charge on any atom is 0.253 e. The minimum absolute atomic E-state index is 0.122. The van der Waals surface area contributed by atoms with Gasteiger partial charge in [0.05, 0.1) is 16.3 Å². The molecule has 1 aliphatic carbocycles. The molecule has 2 atom stereocenters. The average Bonchev–Trinajstić information content (AvgIpc) is 2.42. The van der Waals surface area contributed by atoms with Gasteiger partial charge in [0, 0.05) is 11.3 Å². The first-order chi connectivity index (χ1) is 9.13. The zero-order valence-electron chi connectivity index (χ0n) is 11.0. The lowest BCUT2D eigenvalue weighted by Crippen LogP contribution is -2.43. The first kappa shape index (κ1) is 14.5. The summed E-state index contributed by atoms with van der Waals surface area (Å²) in [5, 5.41) is 3.95. The summed E-state index contributed by atoms with van der Waals surface area (Å²) in [7, 11) is 0. The Bertz CT molecular complexity index is 467.